The molecule has 0 bridgehead atoms. The first-order valence-corrected chi connectivity index (χ1v) is 2.37. The van der Waals surface area contributed by atoms with Gasteiger partial charge in [0, 0.05) is 0 Å². The Morgan fingerprint density at radius 1 is 1.20 bits per heavy atom. The van der Waals surface area contributed by atoms with Crippen LogP contribution in [0.1, 0.15) is 20.8 Å². The molecule has 0 saturated carbocycles. The topological polar surface area (TPSA) is 0 Å². The van der Waals surface area contributed by atoms with Crippen LogP contribution >= 0.6 is 0 Å². The molecule has 0 aromatic rings. The van der Waals surface area contributed by atoms with Gasteiger partial charge in [-0.1, -0.05) is 0 Å². The van der Waals surface area contributed by atoms with Crippen molar-refractivity contribution in [3.8, 4) is 0 Å². The summed E-state index contributed by atoms with van der Waals surface area (Å²) in [5.74, 6) is 0. The van der Waals surface area contributed by atoms with Gasteiger partial charge in [-0.25, -0.2) is 0 Å². The van der Waals surface area contributed by atoms with Crippen molar-refractivity contribution >= 4 is 16.3 Å². The SMILES string of the molecule is C[C](C)(C)[Al+2]. The van der Waals surface area contributed by atoms with E-state index in [0.29, 0.717) is 4.28 Å². The molecular weight excluding hydrogens is 75.0 g/mol. The molecule has 0 radical (unpaired) electrons. The van der Waals surface area contributed by atoms with Crippen LogP contribution in [0.5, 0.6) is 0 Å². The Labute approximate surface area is 42.0 Å². The van der Waals surface area contributed by atoms with E-state index in [9.17, 15) is 0 Å². The molecule has 0 aliphatic heterocycles. The van der Waals surface area contributed by atoms with Gasteiger partial charge in [-0.05, 0) is 0 Å². The van der Waals surface area contributed by atoms with Crippen LogP contribution < -0.4 is 0 Å². The van der Waals surface area contributed by atoms with Crippen molar-refractivity contribution in [3.05, 3.63) is 0 Å². The second-order valence-electron chi connectivity index (χ2n) is 2.37. The van der Waals surface area contributed by atoms with E-state index in [1.165, 1.54) is 0 Å². The van der Waals surface area contributed by atoms with Crippen molar-refractivity contribution in [2.24, 2.45) is 0 Å². The van der Waals surface area contributed by atoms with E-state index < -0.39 is 0 Å². The third kappa shape index (κ3) is 103. The molecule has 0 amide bonds. The van der Waals surface area contributed by atoms with Crippen LogP contribution in [0.25, 0.3) is 0 Å². The van der Waals surface area contributed by atoms with Crippen LogP contribution in [0.4, 0.5) is 0 Å². The van der Waals surface area contributed by atoms with E-state index in [1.54, 1.807) is 0 Å². The molecule has 0 rings (SSSR count). The normalized spacial score (nSPS) is 12.2. The fraction of sp³-hybridized carbons (Fsp3) is 1.00. The van der Waals surface area contributed by atoms with Gasteiger partial charge in [0.1, 0.15) is 0 Å². The van der Waals surface area contributed by atoms with Gasteiger partial charge in [0.25, 0.3) is 0 Å². The molecular formula is C4H9Al+2. The summed E-state index contributed by atoms with van der Waals surface area (Å²) in [4.78, 5) is 0. The van der Waals surface area contributed by atoms with E-state index in [4.69, 9.17) is 0 Å². The summed E-state index contributed by atoms with van der Waals surface area (Å²) in [7, 11) is 0. The Hall–Kier alpha value is 0.532. The Morgan fingerprint density at radius 3 is 1.20 bits per heavy atom. The summed E-state index contributed by atoms with van der Waals surface area (Å²) in [6, 6.07) is 0. The van der Waals surface area contributed by atoms with E-state index in [1.807, 2.05) is 0 Å². The number of rotatable bonds is 0. The number of hydrogen-bond acceptors (Lipinski definition) is 0. The van der Waals surface area contributed by atoms with E-state index in [2.05, 4.69) is 37.1 Å². The van der Waals surface area contributed by atoms with E-state index in [0.717, 1.165) is 0 Å². The van der Waals surface area contributed by atoms with Crippen LogP contribution in [-0.2, 0) is 0 Å². The average molecular weight is 84.1 g/mol. The predicted molar refractivity (Wildman–Crippen MR) is 25.5 cm³/mol. The number of hydrogen-bond donors (Lipinski definition) is 0. The van der Waals surface area contributed by atoms with Gasteiger partial charge >= 0.3 is 41.3 Å². The third-order valence-electron chi connectivity index (χ3n) is 0. The fourth-order valence-corrected chi connectivity index (χ4v) is 0. The molecule has 0 aromatic carbocycles. The summed E-state index contributed by atoms with van der Waals surface area (Å²) in [6.07, 6.45) is 0. The second-order valence-corrected chi connectivity index (χ2v) is 4.10. The first kappa shape index (κ1) is 5.53. The molecule has 0 unspecified atom stereocenters. The molecule has 26 valence electrons. The van der Waals surface area contributed by atoms with Crippen molar-refractivity contribution in [2.75, 3.05) is 0 Å². The van der Waals surface area contributed by atoms with Gasteiger partial charge < -0.3 is 0 Å². The summed E-state index contributed by atoms with van der Waals surface area (Å²) >= 11 is 2.72. The monoisotopic (exact) mass is 84.1 g/mol. The van der Waals surface area contributed by atoms with Gasteiger partial charge in [-0.3, -0.25) is 0 Å². The summed E-state index contributed by atoms with van der Waals surface area (Å²) in [5.41, 5.74) is 0. The molecule has 0 heterocycles. The van der Waals surface area contributed by atoms with Crippen LogP contribution in [0.15, 0.2) is 0 Å². The van der Waals surface area contributed by atoms with Gasteiger partial charge in [0.05, 0.1) is 0 Å². The Kier molecular flexibility index (Phi) is 1.47. The zero-order valence-corrected chi connectivity index (χ0v) is 5.23. The van der Waals surface area contributed by atoms with Crippen molar-refractivity contribution in [1.29, 1.82) is 0 Å². The first-order chi connectivity index (χ1) is 2.00. The quantitative estimate of drug-likeness (QED) is 0.389. The first-order valence-electron chi connectivity index (χ1n) is 1.79. The molecule has 0 atom stereocenters. The minimum atomic E-state index is 0.417. The van der Waals surface area contributed by atoms with Gasteiger partial charge in [0.15, 0.2) is 0 Å². The summed E-state index contributed by atoms with van der Waals surface area (Å²) in [5, 5.41) is 0. The summed E-state index contributed by atoms with van der Waals surface area (Å²) in [6.45, 7) is 6.45. The molecule has 0 aromatic heterocycles. The molecule has 5 heavy (non-hydrogen) atoms. The zero-order chi connectivity index (χ0) is 4.50. The van der Waals surface area contributed by atoms with Crippen molar-refractivity contribution in [3.63, 3.8) is 0 Å². The molecule has 0 spiro atoms. The molecule has 0 saturated heterocycles. The van der Waals surface area contributed by atoms with Crippen molar-refractivity contribution < 1.29 is 0 Å². The second kappa shape index (κ2) is 1.33. The third-order valence-corrected chi connectivity index (χ3v) is 0. The molecule has 0 aliphatic carbocycles. The van der Waals surface area contributed by atoms with Crippen LogP contribution in [0, 0.1) is 0 Å². The molecule has 0 N–H and O–H groups in total. The molecule has 0 fully saturated rings. The Bertz CT molecular complexity index is 19.1. The fourth-order valence-electron chi connectivity index (χ4n) is 0. The maximum atomic E-state index is 2.72. The predicted octanol–water partition coefficient (Wildman–Crippen LogP) is 1.37. The van der Waals surface area contributed by atoms with Crippen LogP contribution in [0.3, 0.4) is 0 Å². The van der Waals surface area contributed by atoms with Gasteiger partial charge in [-0.2, -0.15) is 0 Å². The average Bonchev–Trinajstić information content (AvgIpc) is 0.722. The Balaban J connectivity index is 3.02. The van der Waals surface area contributed by atoms with Gasteiger partial charge in [0.2, 0.25) is 0 Å². The van der Waals surface area contributed by atoms with E-state index in [-0.39, 0.29) is 0 Å². The maximum absolute atomic E-state index is 2.72. The van der Waals surface area contributed by atoms with E-state index >= 15 is 0 Å². The zero-order valence-electron chi connectivity index (χ0n) is 4.08. The van der Waals surface area contributed by atoms with Crippen LogP contribution in [-0.4, -0.2) is 16.3 Å². The molecule has 0 aliphatic rings. The van der Waals surface area contributed by atoms with Crippen LogP contribution in [0.2, 0.25) is 4.28 Å². The minimum absolute atomic E-state index is 0.417. The summed E-state index contributed by atoms with van der Waals surface area (Å²) < 4.78 is 0.417. The molecule has 0 nitrogen and oxygen atoms in total. The standard InChI is InChI=1S/C4H9.Al/c1-4(2)3;/h1-3H3;/q;+2. The molecule has 1 heteroatoms. The van der Waals surface area contributed by atoms with Crippen molar-refractivity contribution in [1.82, 2.24) is 0 Å². The Morgan fingerprint density at radius 2 is 1.20 bits per heavy atom. The van der Waals surface area contributed by atoms with Gasteiger partial charge in [-0.15, -0.1) is 0 Å². The van der Waals surface area contributed by atoms with Crippen molar-refractivity contribution in [2.45, 2.75) is 25.0 Å².